The number of hydrogen-bond acceptors (Lipinski definition) is 2. The third-order valence-corrected chi connectivity index (χ3v) is 3.66. The Balaban J connectivity index is 1.86. The minimum absolute atomic E-state index is 0.237. The summed E-state index contributed by atoms with van der Waals surface area (Å²) in [5, 5.41) is 1.15. The van der Waals surface area contributed by atoms with E-state index in [1.165, 1.54) is 16.7 Å². The van der Waals surface area contributed by atoms with Crippen molar-refractivity contribution >= 4 is 16.7 Å². The Morgan fingerprint density at radius 2 is 1.76 bits per heavy atom. The monoisotopic (exact) mass is 275 g/mol. The van der Waals surface area contributed by atoms with Gasteiger partial charge in [-0.15, -0.1) is 0 Å². The first kappa shape index (κ1) is 13.5. The van der Waals surface area contributed by atoms with E-state index in [2.05, 4.69) is 47.4 Å². The van der Waals surface area contributed by atoms with Crippen molar-refractivity contribution in [2.24, 2.45) is 0 Å². The molecule has 0 aliphatic heterocycles. The van der Waals surface area contributed by atoms with E-state index in [1.54, 1.807) is 6.92 Å². The second-order valence-electron chi connectivity index (χ2n) is 5.31. The number of benzene rings is 2. The number of nitrogens with zero attached hydrogens (tertiary/aromatic N) is 1. The third kappa shape index (κ3) is 3.16. The summed E-state index contributed by atoms with van der Waals surface area (Å²) in [6, 6.07) is 18.8. The van der Waals surface area contributed by atoms with E-state index in [4.69, 9.17) is 0 Å². The summed E-state index contributed by atoms with van der Waals surface area (Å²) < 4.78 is 0. The largest absolute Gasteiger partial charge is 0.300 e. The molecule has 0 fully saturated rings. The van der Waals surface area contributed by atoms with Gasteiger partial charge in [0.25, 0.3) is 0 Å². The smallest absolute Gasteiger partial charge is 0.130 e. The van der Waals surface area contributed by atoms with E-state index in [9.17, 15) is 4.79 Å². The number of ketones is 1. The van der Waals surface area contributed by atoms with Gasteiger partial charge in [0, 0.05) is 18.0 Å². The standard InChI is InChI=1S/C19H17NO/c1-14(21)4-5-15-6-8-16(9-7-15)17-10-11-19-18(13-17)3-2-12-20-19/h2-3,6-13H,4-5H2,1H3. The number of pyridine rings is 1. The number of aromatic nitrogens is 1. The molecule has 0 atom stereocenters. The van der Waals surface area contributed by atoms with E-state index in [0.717, 1.165) is 17.3 Å². The molecule has 104 valence electrons. The molecule has 0 saturated carbocycles. The molecule has 0 unspecified atom stereocenters. The average Bonchev–Trinajstić information content (AvgIpc) is 2.53. The number of fused-ring (bicyclic) bond motifs is 1. The van der Waals surface area contributed by atoms with Crippen molar-refractivity contribution < 1.29 is 4.79 Å². The van der Waals surface area contributed by atoms with Crippen molar-refractivity contribution in [1.82, 2.24) is 4.98 Å². The van der Waals surface area contributed by atoms with E-state index in [0.29, 0.717) is 6.42 Å². The Labute approximate surface area is 124 Å². The molecule has 0 spiro atoms. The van der Waals surface area contributed by atoms with E-state index >= 15 is 0 Å². The second kappa shape index (κ2) is 5.88. The number of aryl methyl sites for hydroxylation is 1. The van der Waals surface area contributed by atoms with Crippen molar-refractivity contribution in [3.05, 3.63) is 66.4 Å². The highest BCUT2D eigenvalue weighted by Crippen LogP contribution is 2.24. The zero-order valence-corrected chi connectivity index (χ0v) is 12.0. The topological polar surface area (TPSA) is 30.0 Å². The molecule has 2 aromatic carbocycles. The molecule has 0 radical (unpaired) electrons. The van der Waals surface area contributed by atoms with Crippen LogP contribution < -0.4 is 0 Å². The van der Waals surface area contributed by atoms with Crippen molar-refractivity contribution in [3.63, 3.8) is 0 Å². The van der Waals surface area contributed by atoms with Crippen LogP contribution in [0.15, 0.2) is 60.8 Å². The van der Waals surface area contributed by atoms with Gasteiger partial charge in [-0.25, -0.2) is 0 Å². The van der Waals surface area contributed by atoms with E-state index in [-0.39, 0.29) is 5.78 Å². The van der Waals surface area contributed by atoms with Crippen molar-refractivity contribution in [1.29, 1.82) is 0 Å². The maximum absolute atomic E-state index is 11.0. The molecule has 2 nitrogen and oxygen atoms in total. The molecule has 1 aromatic heterocycles. The lowest BCUT2D eigenvalue weighted by Gasteiger charge is -2.05. The molecule has 0 bridgehead atoms. The lowest BCUT2D eigenvalue weighted by atomic mass is 10.0. The molecule has 0 aliphatic rings. The summed E-state index contributed by atoms with van der Waals surface area (Å²) in [6.45, 7) is 1.64. The Bertz CT molecular complexity index is 775. The molecular formula is C19H17NO. The van der Waals surface area contributed by atoms with Crippen LogP contribution in [-0.2, 0) is 11.2 Å². The quantitative estimate of drug-likeness (QED) is 0.705. The first-order chi connectivity index (χ1) is 10.2. The van der Waals surface area contributed by atoms with Gasteiger partial charge in [0.05, 0.1) is 5.52 Å². The maximum Gasteiger partial charge on any atom is 0.130 e. The molecule has 0 aliphatic carbocycles. The van der Waals surface area contributed by atoms with Gasteiger partial charge in [-0.1, -0.05) is 36.4 Å². The predicted octanol–water partition coefficient (Wildman–Crippen LogP) is 4.42. The van der Waals surface area contributed by atoms with Gasteiger partial charge in [-0.3, -0.25) is 4.98 Å². The highest BCUT2D eigenvalue weighted by molar-refractivity contribution is 5.84. The highest BCUT2D eigenvalue weighted by atomic mass is 16.1. The number of Topliss-reactive ketones (excluding diaryl/α,β-unsaturated/α-hetero) is 1. The summed E-state index contributed by atoms with van der Waals surface area (Å²) in [7, 11) is 0. The average molecular weight is 275 g/mol. The molecule has 2 heteroatoms. The fourth-order valence-electron chi connectivity index (χ4n) is 2.44. The normalized spacial score (nSPS) is 10.7. The van der Waals surface area contributed by atoms with Gasteiger partial charge in [-0.05, 0) is 48.2 Å². The first-order valence-electron chi connectivity index (χ1n) is 7.16. The van der Waals surface area contributed by atoms with Crippen molar-refractivity contribution in [3.8, 4) is 11.1 Å². The summed E-state index contributed by atoms with van der Waals surface area (Å²) >= 11 is 0. The summed E-state index contributed by atoms with van der Waals surface area (Å²) in [5.74, 6) is 0.237. The zero-order valence-electron chi connectivity index (χ0n) is 12.0. The Morgan fingerprint density at radius 1 is 1.00 bits per heavy atom. The Kier molecular flexibility index (Phi) is 3.78. The van der Waals surface area contributed by atoms with Crippen LogP contribution in [0.4, 0.5) is 0 Å². The predicted molar refractivity (Wildman–Crippen MR) is 86.2 cm³/mol. The number of rotatable bonds is 4. The molecule has 0 saturated heterocycles. The van der Waals surface area contributed by atoms with Gasteiger partial charge in [0.15, 0.2) is 0 Å². The van der Waals surface area contributed by atoms with Crippen LogP contribution in [-0.4, -0.2) is 10.8 Å². The molecular weight excluding hydrogens is 258 g/mol. The summed E-state index contributed by atoms with van der Waals surface area (Å²) in [4.78, 5) is 15.4. The van der Waals surface area contributed by atoms with Crippen LogP contribution >= 0.6 is 0 Å². The number of hydrogen-bond donors (Lipinski definition) is 0. The van der Waals surface area contributed by atoms with Gasteiger partial charge in [0.1, 0.15) is 5.78 Å². The molecule has 0 N–H and O–H groups in total. The summed E-state index contributed by atoms with van der Waals surface area (Å²) in [5.41, 5.74) is 4.59. The van der Waals surface area contributed by atoms with Crippen molar-refractivity contribution in [2.75, 3.05) is 0 Å². The van der Waals surface area contributed by atoms with Crippen LogP contribution in [0, 0.1) is 0 Å². The van der Waals surface area contributed by atoms with Gasteiger partial charge >= 0.3 is 0 Å². The van der Waals surface area contributed by atoms with Crippen molar-refractivity contribution in [2.45, 2.75) is 19.8 Å². The Hall–Kier alpha value is -2.48. The van der Waals surface area contributed by atoms with Gasteiger partial charge < -0.3 is 4.79 Å². The minimum atomic E-state index is 0.237. The lowest BCUT2D eigenvalue weighted by molar-refractivity contribution is -0.116. The molecule has 3 aromatic rings. The van der Waals surface area contributed by atoms with Gasteiger partial charge in [0.2, 0.25) is 0 Å². The highest BCUT2D eigenvalue weighted by Gasteiger charge is 2.01. The van der Waals surface area contributed by atoms with E-state index < -0.39 is 0 Å². The molecule has 3 rings (SSSR count). The van der Waals surface area contributed by atoms with Crippen LogP contribution in [0.1, 0.15) is 18.9 Å². The number of carbonyl (C=O) groups excluding carboxylic acids is 1. The zero-order chi connectivity index (χ0) is 14.7. The number of carbonyl (C=O) groups is 1. The minimum Gasteiger partial charge on any atom is -0.300 e. The lowest BCUT2D eigenvalue weighted by Crippen LogP contribution is -1.93. The fraction of sp³-hybridized carbons (Fsp3) is 0.158. The van der Waals surface area contributed by atoms with E-state index in [1.807, 2.05) is 18.3 Å². The van der Waals surface area contributed by atoms with Gasteiger partial charge in [-0.2, -0.15) is 0 Å². The fourth-order valence-corrected chi connectivity index (χ4v) is 2.44. The van der Waals surface area contributed by atoms with Crippen LogP contribution in [0.2, 0.25) is 0 Å². The molecule has 0 amide bonds. The second-order valence-corrected chi connectivity index (χ2v) is 5.31. The maximum atomic E-state index is 11.0. The summed E-state index contributed by atoms with van der Waals surface area (Å²) in [6.07, 6.45) is 3.24. The molecule has 21 heavy (non-hydrogen) atoms. The Morgan fingerprint density at radius 3 is 2.52 bits per heavy atom. The van der Waals surface area contributed by atoms with Crippen LogP contribution in [0.25, 0.3) is 22.0 Å². The molecule has 1 heterocycles. The van der Waals surface area contributed by atoms with Crippen LogP contribution in [0.5, 0.6) is 0 Å². The first-order valence-corrected chi connectivity index (χ1v) is 7.16. The SMILES string of the molecule is CC(=O)CCc1ccc(-c2ccc3ncccc3c2)cc1. The van der Waals surface area contributed by atoms with Crippen LogP contribution in [0.3, 0.4) is 0 Å². The third-order valence-electron chi connectivity index (χ3n) is 3.66.